The Morgan fingerprint density at radius 1 is 1.36 bits per heavy atom. The van der Waals surface area contributed by atoms with Crippen LogP contribution in [0.3, 0.4) is 0 Å². The Hall–Kier alpha value is -0.830. The number of hydrogen-bond donors (Lipinski definition) is 1. The summed E-state index contributed by atoms with van der Waals surface area (Å²) in [6, 6.07) is 0. The van der Waals surface area contributed by atoms with Crippen molar-refractivity contribution >= 4 is 0 Å². The molecule has 2 N–H and O–H groups in total. The molecule has 1 fully saturated rings. The summed E-state index contributed by atoms with van der Waals surface area (Å²) >= 11 is 0. The Labute approximate surface area is 83.7 Å². The topological polar surface area (TPSA) is 52.0 Å². The third kappa shape index (κ3) is 1.27. The lowest BCUT2D eigenvalue weighted by molar-refractivity contribution is 0.397. The van der Waals surface area contributed by atoms with Crippen LogP contribution in [-0.2, 0) is 6.42 Å². The molecule has 3 nitrogen and oxygen atoms in total. The highest BCUT2D eigenvalue weighted by atomic mass is 16.4. The third-order valence-electron chi connectivity index (χ3n) is 3.29. The monoisotopic (exact) mass is 192 g/mol. The van der Waals surface area contributed by atoms with E-state index in [1.807, 2.05) is 0 Å². The summed E-state index contributed by atoms with van der Waals surface area (Å²) in [7, 11) is 0. The van der Waals surface area contributed by atoms with E-state index < -0.39 is 0 Å². The lowest BCUT2D eigenvalue weighted by Crippen LogP contribution is -2.17. The van der Waals surface area contributed by atoms with Gasteiger partial charge in [0.1, 0.15) is 5.76 Å². The lowest BCUT2D eigenvalue weighted by Gasteiger charge is -2.17. The van der Waals surface area contributed by atoms with Gasteiger partial charge in [0.2, 0.25) is 0 Å². The van der Waals surface area contributed by atoms with Crippen LogP contribution in [-0.4, -0.2) is 11.5 Å². The van der Waals surface area contributed by atoms with Crippen molar-refractivity contribution < 1.29 is 4.42 Å². The van der Waals surface area contributed by atoms with E-state index >= 15 is 0 Å². The fraction of sp³-hybridized carbons (Fsp3) is 0.727. The van der Waals surface area contributed by atoms with Crippen molar-refractivity contribution in [3.05, 3.63) is 17.3 Å². The molecule has 0 aromatic carbocycles. The summed E-state index contributed by atoms with van der Waals surface area (Å²) in [5.41, 5.74) is 6.92. The first-order valence-corrected chi connectivity index (χ1v) is 5.58. The maximum atomic E-state index is 5.84. The van der Waals surface area contributed by atoms with E-state index in [0.717, 1.165) is 18.1 Å². The number of oxazole rings is 1. The Morgan fingerprint density at radius 2 is 2.21 bits per heavy atom. The molecule has 1 aromatic heterocycles. The van der Waals surface area contributed by atoms with E-state index in [-0.39, 0.29) is 0 Å². The van der Waals surface area contributed by atoms with Gasteiger partial charge in [0.05, 0.1) is 5.69 Å². The summed E-state index contributed by atoms with van der Waals surface area (Å²) < 4.78 is 5.84. The minimum atomic E-state index is 0.429. The van der Waals surface area contributed by atoms with Crippen molar-refractivity contribution in [2.24, 2.45) is 5.73 Å². The van der Waals surface area contributed by atoms with Crippen LogP contribution in [0.2, 0.25) is 0 Å². The molecule has 14 heavy (non-hydrogen) atoms. The van der Waals surface area contributed by atoms with Gasteiger partial charge in [-0.05, 0) is 32.1 Å². The van der Waals surface area contributed by atoms with E-state index in [4.69, 9.17) is 10.2 Å². The quantitative estimate of drug-likeness (QED) is 0.779. The van der Waals surface area contributed by atoms with Gasteiger partial charge in [-0.3, -0.25) is 0 Å². The Morgan fingerprint density at radius 3 is 2.93 bits per heavy atom. The second-order valence-electron chi connectivity index (χ2n) is 4.46. The van der Waals surface area contributed by atoms with Crippen LogP contribution in [0.1, 0.15) is 54.9 Å². The van der Waals surface area contributed by atoms with Crippen molar-refractivity contribution in [1.29, 1.82) is 0 Å². The zero-order valence-electron chi connectivity index (χ0n) is 8.33. The Balaban J connectivity index is 1.95. The normalized spacial score (nSPS) is 26.2. The van der Waals surface area contributed by atoms with Crippen LogP contribution in [0.25, 0.3) is 0 Å². The van der Waals surface area contributed by atoms with Crippen molar-refractivity contribution in [3.8, 4) is 0 Å². The number of rotatable bonds is 2. The summed E-state index contributed by atoms with van der Waals surface area (Å²) in [6.45, 7) is 0.701. The van der Waals surface area contributed by atoms with Crippen LogP contribution in [0.15, 0.2) is 4.42 Å². The van der Waals surface area contributed by atoms with Gasteiger partial charge in [0.15, 0.2) is 5.89 Å². The highest BCUT2D eigenvalue weighted by Gasteiger charge is 2.32. The van der Waals surface area contributed by atoms with Crippen LogP contribution < -0.4 is 5.73 Å². The molecule has 0 spiro atoms. The molecule has 0 bridgehead atoms. The molecule has 2 aliphatic carbocycles. The highest BCUT2D eigenvalue weighted by molar-refractivity contribution is 5.20. The number of nitrogens with zero attached hydrogens (tertiary/aromatic N) is 1. The van der Waals surface area contributed by atoms with Crippen molar-refractivity contribution in [2.75, 3.05) is 6.54 Å². The van der Waals surface area contributed by atoms with E-state index in [1.165, 1.54) is 31.4 Å². The minimum Gasteiger partial charge on any atom is -0.445 e. The van der Waals surface area contributed by atoms with Gasteiger partial charge in [-0.15, -0.1) is 0 Å². The van der Waals surface area contributed by atoms with E-state index in [2.05, 4.69) is 4.98 Å². The molecule has 1 unspecified atom stereocenters. The molecular weight excluding hydrogens is 176 g/mol. The van der Waals surface area contributed by atoms with E-state index in [1.54, 1.807) is 0 Å². The number of nitrogens with two attached hydrogens (primary N) is 1. The molecule has 1 aromatic rings. The molecule has 2 aliphatic rings. The zero-order valence-corrected chi connectivity index (χ0v) is 8.33. The summed E-state index contributed by atoms with van der Waals surface area (Å²) in [5, 5.41) is 0. The average molecular weight is 192 g/mol. The molecule has 3 rings (SSSR count). The second kappa shape index (κ2) is 3.09. The predicted octanol–water partition coefficient (Wildman–Crippen LogP) is 1.93. The molecule has 0 radical (unpaired) electrons. The molecule has 3 heteroatoms. The molecule has 1 heterocycles. The maximum Gasteiger partial charge on any atom is 0.197 e. The van der Waals surface area contributed by atoms with Crippen LogP contribution in [0.4, 0.5) is 0 Å². The standard InChI is InChI=1S/C11H16N2O/c12-6-8-2-1-3-9-10(8)14-11(13-9)7-4-5-7/h7-8H,1-6,12H2. The molecule has 76 valence electrons. The smallest absolute Gasteiger partial charge is 0.197 e. The molecule has 0 aliphatic heterocycles. The Bertz CT molecular complexity index is 341. The summed E-state index contributed by atoms with van der Waals surface area (Å²) in [5.74, 6) is 3.13. The molecular formula is C11H16N2O. The van der Waals surface area contributed by atoms with Crippen LogP contribution >= 0.6 is 0 Å². The van der Waals surface area contributed by atoms with Gasteiger partial charge in [0.25, 0.3) is 0 Å². The fourth-order valence-corrected chi connectivity index (χ4v) is 2.26. The second-order valence-corrected chi connectivity index (χ2v) is 4.46. The largest absolute Gasteiger partial charge is 0.445 e. The van der Waals surface area contributed by atoms with E-state index in [0.29, 0.717) is 18.4 Å². The van der Waals surface area contributed by atoms with Gasteiger partial charge in [-0.25, -0.2) is 4.98 Å². The maximum absolute atomic E-state index is 5.84. The molecule has 1 saturated carbocycles. The number of aryl methyl sites for hydroxylation is 1. The van der Waals surface area contributed by atoms with Gasteiger partial charge in [-0.2, -0.15) is 0 Å². The average Bonchev–Trinajstić information content (AvgIpc) is 2.97. The number of hydrogen-bond acceptors (Lipinski definition) is 3. The van der Waals surface area contributed by atoms with Gasteiger partial charge >= 0.3 is 0 Å². The molecule has 0 saturated heterocycles. The molecule has 0 amide bonds. The highest BCUT2D eigenvalue weighted by Crippen LogP contribution is 2.42. The predicted molar refractivity (Wildman–Crippen MR) is 53.2 cm³/mol. The first-order valence-electron chi connectivity index (χ1n) is 5.58. The van der Waals surface area contributed by atoms with Gasteiger partial charge in [0, 0.05) is 18.4 Å². The van der Waals surface area contributed by atoms with E-state index in [9.17, 15) is 0 Å². The Kier molecular flexibility index (Phi) is 1.87. The van der Waals surface area contributed by atoms with Gasteiger partial charge < -0.3 is 10.2 Å². The number of aromatic nitrogens is 1. The van der Waals surface area contributed by atoms with Crippen molar-refractivity contribution in [1.82, 2.24) is 4.98 Å². The summed E-state index contributed by atoms with van der Waals surface area (Å²) in [6.07, 6.45) is 5.98. The van der Waals surface area contributed by atoms with Gasteiger partial charge in [-0.1, -0.05) is 0 Å². The van der Waals surface area contributed by atoms with Crippen molar-refractivity contribution in [2.45, 2.75) is 43.9 Å². The first-order chi connectivity index (χ1) is 6.88. The summed E-state index contributed by atoms with van der Waals surface area (Å²) in [4.78, 5) is 4.59. The first kappa shape index (κ1) is 8.48. The fourth-order valence-electron chi connectivity index (χ4n) is 2.26. The van der Waals surface area contributed by atoms with Crippen molar-refractivity contribution in [3.63, 3.8) is 0 Å². The lowest BCUT2D eigenvalue weighted by atomic mass is 9.91. The van der Waals surface area contributed by atoms with Crippen LogP contribution in [0.5, 0.6) is 0 Å². The zero-order chi connectivity index (χ0) is 9.54. The van der Waals surface area contributed by atoms with Crippen LogP contribution in [0, 0.1) is 0 Å². The SMILES string of the molecule is NCC1CCCc2nc(C3CC3)oc21. The minimum absolute atomic E-state index is 0.429. The molecule has 1 atom stereocenters. The number of fused-ring (bicyclic) bond motifs is 1. The third-order valence-corrected chi connectivity index (χ3v) is 3.29.